The summed E-state index contributed by atoms with van der Waals surface area (Å²) in [6.07, 6.45) is 2.02. The predicted octanol–water partition coefficient (Wildman–Crippen LogP) is 0.611. The molecule has 88 valence electrons. The van der Waals surface area contributed by atoms with Gasteiger partial charge in [-0.15, -0.1) is 0 Å². The van der Waals surface area contributed by atoms with E-state index in [1.165, 1.54) is 7.05 Å². The number of nitrogens with zero attached hydrogens (tertiary/aromatic N) is 2. The van der Waals surface area contributed by atoms with Gasteiger partial charge in [-0.05, 0) is 6.92 Å². The molecule has 2 amide bonds. The quantitative estimate of drug-likeness (QED) is 0.786. The average Bonchev–Trinajstić information content (AvgIpc) is 2.71. The van der Waals surface area contributed by atoms with Gasteiger partial charge in [0.15, 0.2) is 5.69 Å². The lowest BCUT2D eigenvalue weighted by Crippen LogP contribution is -2.21. The monoisotopic (exact) mass is 224 g/mol. The van der Waals surface area contributed by atoms with Crippen molar-refractivity contribution >= 4 is 17.5 Å². The minimum atomic E-state index is -0.307. The number of anilines is 1. The van der Waals surface area contributed by atoms with E-state index in [0.29, 0.717) is 18.7 Å². The molecule has 0 unspecified atom stereocenters. The SMILES string of the molecule is CCC(=O)Nc1cn(CC)nc1C(=O)NC. The van der Waals surface area contributed by atoms with Gasteiger partial charge in [-0.1, -0.05) is 6.92 Å². The molecule has 2 N–H and O–H groups in total. The summed E-state index contributed by atoms with van der Waals surface area (Å²) < 4.78 is 1.61. The normalized spacial score (nSPS) is 9.94. The van der Waals surface area contributed by atoms with Crippen molar-refractivity contribution in [1.29, 1.82) is 0 Å². The van der Waals surface area contributed by atoms with Gasteiger partial charge in [0.05, 0.1) is 5.69 Å². The molecule has 0 fully saturated rings. The number of aromatic nitrogens is 2. The third-order valence-electron chi connectivity index (χ3n) is 2.12. The van der Waals surface area contributed by atoms with E-state index in [1.54, 1.807) is 17.8 Å². The zero-order chi connectivity index (χ0) is 12.1. The van der Waals surface area contributed by atoms with E-state index in [0.717, 1.165) is 0 Å². The Bertz CT molecular complexity index is 398. The van der Waals surface area contributed by atoms with Gasteiger partial charge in [-0.25, -0.2) is 0 Å². The first-order chi connectivity index (χ1) is 7.62. The topological polar surface area (TPSA) is 76.0 Å². The fourth-order valence-corrected chi connectivity index (χ4v) is 1.20. The van der Waals surface area contributed by atoms with Crippen molar-refractivity contribution in [2.45, 2.75) is 26.8 Å². The van der Waals surface area contributed by atoms with Crippen LogP contribution in [0.2, 0.25) is 0 Å². The molecule has 0 aliphatic carbocycles. The molecule has 1 aromatic heterocycles. The summed E-state index contributed by atoms with van der Waals surface area (Å²) in [5.74, 6) is -0.445. The Balaban J connectivity index is 3.00. The second-order valence-electron chi connectivity index (χ2n) is 3.23. The van der Waals surface area contributed by atoms with Crippen molar-refractivity contribution in [3.63, 3.8) is 0 Å². The summed E-state index contributed by atoms with van der Waals surface area (Å²) in [4.78, 5) is 22.8. The van der Waals surface area contributed by atoms with Crippen LogP contribution in [0.5, 0.6) is 0 Å². The largest absolute Gasteiger partial charge is 0.354 e. The van der Waals surface area contributed by atoms with E-state index in [1.807, 2.05) is 6.92 Å². The Labute approximate surface area is 94.0 Å². The van der Waals surface area contributed by atoms with Gasteiger partial charge >= 0.3 is 0 Å². The summed E-state index contributed by atoms with van der Waals surface area (Å²) in [6, 6.07) is 0. The second kappa shape index (κ2) is 5.29. The van der Waals surface area contributed by atoms with Crippen LogP contribution < -0.4 is 10.6 Å². The van der Waals surface area contributed by atoms with Crippen LogP contribution in [0.4, 0.5) is 5.69 Å². The number of carbonyl (C=O) groups excluding carboxylic acids is 2. The van der Waals surface area contributed by atoms with E-state index in [-0.39, 0.29) is 17.5 Å². The highest BCUT2D eigenvalue weighted by molar-refractivity contribution is 6.01. The second-order valence-corrected chi connectivity index (χ2v) is 3.23. The molecule has 1 rings (SSSR count). The van der Waals surface area contributed by atoms with Crippen molar-refractivity contribution in [3.8, 4) is 0 Å². The molecular weight excluding hydrogens is 208 g/mol. The minimum absolute atomic E-state index is 0.138. The van der Waals surface area contributed by atoms with Crippen LogP contribution in [0, 0.1) is 0 Å². The molecule has 0 bridgehead atoms. The average molecular weight is 224 g/mol. The fourth-order valence-electron chi connectivity index (χ4n) is 1.20. The number of nitrogens with one attached hydrogen (secondary N) is 2. The number of carbonyl (C=O) groups is 2. The first-order valence-electron chi connectivity index (χ1n) is 5.21. The lowest BCUT2D eigenvalue weighted by molar-refractivity contribution is -0.115. The van der Waals surface area contributed by atoms with Crippen molar-refractivity contribution in [3.05, 3.63) is 11.9 Å². The highest BCUT2D eigenvalue weighted by atomic mass is 16.2. The summed E-state index contributed by atoms with van der Waals surface area (Å²) in [5, 5.41) is 9.21. The van der Waals surface area contributed by atoms with Gasteiger partial charge in [0, 0.05) is 26.2 Å². The third kappa shape index (κ3) is 2.59. The first kappa shape index (κ1) is 12.2. The maximum absolute atomic E-state index is 11.5. The number of hydrogen-bond donors (Lipinski definition) is 2. The van der Waals surface area contributed by atoms with Gasteiger partial charge in [-0.3, -0.25) is 14.3 Å². The van der Waals surface area contributed by atoms with Gasteiger partial charge < -0.3 is 10.6 Å². The van der Waals surface area contributed by atoms with E-state index in [4.69, 9.17) is 0 Å². The Kier molecular flexibility index (Phi) is 4.04. The molecule has 0 aliphatic heterocycles. The molecule has 0 atom stereocenters. The zero-order valence-corrected chi connectivity index (χ0v) is 9.70. The predicted molar refractivity (Wildman–Crippen MR) is 60.2 cm³/mol. The summed E-state index contributed by atoms with van der Waals surface area (Å²) in [6.45, 7) is 4.30. The highest BCUT2D eigenvalue weighted by Crippen LogP contribution is 2.13. The van der Waals surface area contributed by atoms with E-state index >= 15 is 0 Å². The number of aryl methyl sites for hydroxylation is 1. The maximum atomic E-state index is 11.5. The van der Waals surface area contributed by atoms with E-state index in [9.17, 15) is 9.59 Å². The van der Waals surface area contributed by atoms with Crippen molar-refractivity contribution in [2.24, 2.45) is 0 Å². The summed E-state index contributed by atoms with van der Waals surface area (Å²) in [7, 11) is 1.53. The third-order valence-corrected chi connectivity index (χ3v) is 2.12. The van der Waals surface area contributed by atoms with Crippen LogP contribution in [0.25, 0.3) is 0 Å². The van der Waals surface area contributed by atoms with Crippen LogP contribution in [-0.2, 0) is 11.3 Å². The standard InChI is InChI=1S/C10H16N4O2/c1-4-8(15)12-7-6-14(5-2)13-9(7)10(16)11-3/h6H,4-5H2,1-3H3,(H,11,16)(H,12,15). The molecule has 6 nitrogen and oxygen atoms in total. The van der Waals surface area contributed by atoms with Crippen LogP contribution in [0.1, 0.15) is 30.8 Å². The molecule has 16 heavy (non-hydrogen) atoms. The van der Waals surface area contributed by atoms with Gasteiger partial charge in [0.1, 0.15) is 0 Å². The Morgan fingerprint density at radius 3 is 2.62 bits per heavy atom. The summed E-state index contributed by atoms with van der Waals surface area (Å²) >= 11 is 0. The molecule has 0 spiro atoms. The van der Waals surface area contributed by atoms with Crippen LogP contribution in [0.15, 0.2) is 6.20 Å². The molecular formula is C10H16N4O2. The Morgan fingerprint density at radius 2 is 2.12 bits per heavy atom. The van der Waals surface area contributed by atoms with Gasteiger partial charge in [-0.2, -0.15) is 5.10 Å². The summed E-state index contributed by atoms with van der Waals surface area (Å²) in [5.41, 5.74) is 0.694. The lowest BCUT2D eigenvalue weighted by Gasteiger charge is -2.01. The van der Waals surface area contributed by atoms with Crippen molar-refractivity contribution in [1.82, 2.24) is 15.1 Å². The molecule has 0 saturated carbocycles. The van der Waals surface area contributed by atoms with E-state index in [2.05, 4.69) is 15.7 Å². The molecule has 1 heterocycles. The van der Waals surface area contributed by atoms with Crippen LogP contribution in [-0.4, -0.2) is 28.6 Å². The van der Waals surface area contributed by atoms with Gasteiger partial charge in [0.25, 0.3) is 5.91 Å². The smallest absolute Gasteiger partial charge is 0.273 e. The van der Waals surface area contributed by atoms with Crippen LogP contribution in [0.3, 0.4) is 0 Å². The van der Waals surface area contributed by atoms with Crippen molar-refractivity contribution in [2.75, 3.05) is 12.4 Å². The minimum Gasteiger partial charge on any atom is -0.354 e. The fraction of sp³-hybridized carbons (Fsp3) is 0.500. The van der Waals surface area contributed by atoms with E-state index < -0.39 is 0 Å². The lowest BCUT2D eigenvalue weighted by atomic mass is 10.3. The molecule has 0 aliphatic rings. The first-order valence-corrected chi connectivity index (χ1v) is 5.21. The molecule has 1 aromatic rings. The Morgan fingerprint density at radius 1 is 1.44 bits per heavy atom. The maximum Gasteiger partial charge on any atom is 0.273 e. The molecule has 0 aromatic carbocycles. The zero-order valence-electron chi connectivity index (χ0n) is 9.70. The number of hydrogen-bond acceptors (Lipinski definition) is 3. The molecule has 6 heteroatoms. The highest BCUT2D eigenvalue weighted by Gasteiger charge is 2.16. The number of rotatable bonds is 4. The van der Waals surface area contributed by atoms with Crippen LogP contribution >= 0.6 is 0 Å². The Hall–Kier alpha value is -1.85. The molecule has 0 radical (unpaired) electrons. The number of amides is 2. The van der Waals surface area contributed by atoms with Crippen molar-refractivity contribution < 1.29 is 9.59 Å². The molecule has 0 saturated heterocycles. The van der Waals surface area contributed by atoms with Gasteiger partial charge in [0.2, 0.25) is 5.91 Å².